The van der Waals surface area contributed by atoms with Gasteiger partial charge in [-0.05, 0) is 44.1 Å². The maximum absolute atomic E-state index is 13.1. The van der Waals surface area contributed by atoms with Gasteiger partial charge in [0.25, 0.3) is 5.56 Å². The highest BCUT2D eigenvalue weighted by molar-refractivity contribution is 5.76. The van der Waals surface area contributed by atoms with Crippen molar-refractivity contribution < 1.29 is 4.79 Å². The molecule has 4 heterocycles. The van der Waals surface area contributed by atoms with E-state index < -0.39 is 0 Å². The van der Waals surface area contributed by atoms with Gasteiger partial charge in [-0.3, -0.25) is 19.2 Å². The normalized spacial score (nSPS) is 22.6. The number of amides is 1. The van der Waals surface area contributed by atoms with E-state index >= 15 is 0 Å². The monoisotopic (exact) mass is 438 g/mol. The molecule has 2 fully saturated rings. The Bertz CT molecular complexity index is 979. The van der Waals surface area contributed by atoms with E-state index in [0.29, 0.717) is 18.9 Å². The Labute approximate surface area is 189 Å². The molecule has 0 unspecified atom stereocenters. The zero-order chi connectivity index (χ0) is 21.9. The maximum atomic E-state index is 13.1. The third-order valence-electron chi connectivity index (χ3n) is 7.40. The molecule has 32 heavy (non-hydrogen) atoms. The molecule has 2 aliphatic heterocycles. The molecule has 1 amide bonds. The van der Waals surface area contributed by atoms with Gasteiger partial charge >= 0.3 is 0 Å². The summed E-state index contributed by atoms with van der Waals surface area (Å²) in [5.74, 6) is 1.45. The van der Waals surface area contributed by atoms with Crippen molar-refractivity contribution >= 4 is 5.91 Å². The summed E-state index contributed by atoms with van der Waals surface area (Å²) in [5.41, 5.74) is 1.72. The van der Waals surface area contributed by atoms with E-state index in [1.54, 1.807) is 17.1 Å². The first-order chi connectivity index (χ1) is 15.7. The molecule has 0 spiro atoms. The summed E-state index contributed by atoms with van der Waals surface area (Å²) < 4.78 is 1.65. The van der Waals surface area contributed by atoms with E-state index in [9.17, 15) is 9.59 Å². The van der Waals surface area contributed by atoms with Gasteiger partial charge in [-0.2, -0.15) is 5.10 Å². The average Bonchev–Trinajstić information content (AvgIpc) is 3.33. The Hall–Kier alpha value is -2.48. The minimum Gasteiger partial charge on any atom is -0.331 e. The van der Waals surface area contributed by atoms with Gasteiger partial charge in [0.05, 0.1) is 17.3 Å². The van der Waals surface area contributed by atoms with E-state index in [1.807, 2.05) is 11.0 Å². The van der Waals surface area contributed by atoms with Crippen LogP contribution in [0.25, 0.3) is 0 Å². The molecule has 8 heteroatoms. The molecule has 2 aromatic rings. The number of hydrogen-bond donors (Lipinski definition) is 1. The summed E-state index contributed by atoms with van der Waals surface area (Å²) in [6, 6.07) is 1.66. The molecule has 0 aromatic carbocycles. The van der Waals surface area contributed by atoms with Gasteiger partial charge in [0, 0.05) is 45.0 Å². The molecule has 0 bridgehead atoms. The van der Waals surface area contributed by atoms with Crippen LogP contribution in [0, 0.1) is 5.92 Å². The largest absolute Gasteiger partial charge is 0.331 e. The third kappa shape index (κ3) is 4.65. The first kappa shape index (κ1) is 21.4. The number of fused-ring (bicyclic) bond motifs is 1. The number of piperidine rings is 1. The Morgan fingerprint density at radius 1 is 1.09 bits per heavy atom. The predicted molar refractivity (Wildman–Crippen MR) is 121 cm³/mol. The lowest BCUT2D eigenvalue weighted by molar-refractivity contribution is -0.136. The van der Waals surface area contributed by atoms with E-state index in [-0.39, 0.29) is 24.1 Å². The van der Waals surface area contributed by atoms with Gasteiger partial charge in [0.1, 0.15) is 12.4 Å². The van der Waals surface area contributed by atoms with Crippen LogP contribution in [0.5, 0.6) is 0 Å². The molecule has 5 rings (SSSR count). The number of carbonyl (C=O) groups excluding carboxylic acids is 1. The Morgan fingerprint density at radius 2 is 1.94 bits per heavy atom. The summed E-state index contributed by atoms with van der Waals surface area (Å²) in [6.45, 7) is 3.67. The van der Waals surface area contributed by atoms with Gasteiger partial charge in [0.2, 0.25) is 5.91 Å². The Kier molecular flexibility index (Phi) is 6.39. The lowest BCUT2D eigenvalue weighted by Gasteiger charge is -2.36. The van der Waals surface area contributed by atoms with Crippen LogP contribution in [0.3, 0.4) is 0 Å². The van der Waals surface area contributed by atoms with Crippen LogP contribution in [0.4, 0.5) is 0 Å². The minimum atomic E-state index is -0.162. The summed E-state index contributed by atoms with van der Waals surface area (Å²) >= 11 is 0. The van der Waals surface area contributed by atoms with Gasteiger partial charge in [-0.25, -0.2) is 4.98 Å². The van der Waals surface area contributed by atoms with Crippen LogP contribution in [-0.4, -0.2) is 55.1 Å². The fourth-order valence-corrected chi connectivity index (χ4v) is 5.69. The maximum Gasteiger partial charge on any atom is 0.255 e. The fourth-order valence-electron chi connectivity index (χ4n) is 5.69. The van der Waals surface area contributed by atoms with E-state index in [4.69, 9.17) is 4.98 Å². The van der Waals surface area contributed by atoms with E-state index in [0.717, 1.165) is 55.9 Å². The van der Waals surface area contributed by atoms with Crippen molar-refractivity contribution in [3.05, 3.63) is 45.9 Å². The second kappa shape index (κ2) is 9.57. The van der Waals surface area contributed by atoms with Crippen molar-refractivity contribution in [3.63, 3.8) is 0 Å². The van der Waals surface area contributed by atoms with Crippen molar-refractivity contribution in [1.82, 2.24) is 29.5 Å². The summed E-state index contributed by atoms with van der Waals surface area (Å²) in [4.78, 5) is 38.3. The lowest BCUT2D eigenvalue weighted by Crippen LogP contribution is -2.43. The SMILES string of the molecule is O=C(Cn1cccn1)N1CCCC[C@@H]1c1nc2c(c(=O)[nH]1)CN(CC1CCCCC1)CC2. The second-order valence-electron chi connectivity index (χ2n) is 9.67. The highest BCUT2D eigenvalue weighted by Gasteiger charge is 2.32. The standard InChI is InChI=1S/C24H34N6O2/c31-22(17-29-12-6-11-25-29)30-13-5-4-9-21(30)23-26-20-10-14-28(16-19(20)24(32)27-23)15-18-7-2-1-3-8-18/h6,11-12,18,21H,1-5,7-10,13-17H2,(H,26,27,32)/t21-/m1/s1. The van der Waals surface area contributed by atoms with Crippen molar-refractivity contribution in [2.45, 2.75) is 76.9 Å². The zero-order valence-electron chi connectivity index (χ0n) is 18.8. The van der Waals surface area contributed by atoms with Gasteiger partial charge in [-0.15, -0.1) is 0 Å². The van der Waals surface area contributed by atoms with Crippen molar-refractivity contribution in [2.75, 3.05) is 19.6 Å². The molecule has 2 aromatic heterocycles. The number of carbonyl (C=O) groups is 1. The van der Waals surface area contributed by atoms with Crippen LogP contribution >= 0.6 is 0 Å². The molecule has 1 saturated heterocycles. The minimum absolute atomic E-state index is 0.0246. The second-order valence-corrected chi connectivity index (χ2v) is 9.67. The predicted octanol–water partition coefficient (Wildman–Crippen LogP) is 2.66. The molecular formula is C24H34N6O2. The van der Waals surface area contributed by atoms with Crippen molar-refractivity contribution in [1.29, 1.82) is 0 Å². The fraction of sp³-hybridized carbons (Fsp3) is 0.667. The van der Waals surface area contributed by atoms with Crippen LogP contribution in [-0.2, 0) is 24.3 Å². The van der Waals surface area contributed by atoms with Gasteiger partial charge < -0.3 is 9.88 Å². The highest BCUT2D eigenvalue weighted by Crippen LogP contribution is 2.30. The van der Waals surface area contributed by atoms with E-state index in [2.05, 4.69) is 15.0 Å². The van der Waals surface area contributed by atoms with Crippen molar-refractivity contribution in [3.8, 4) is 0 Å². The zero-order valence-corrected chi connectivity index (χ0v) is 18.8. The van der Waals surface area contributed by atoms with Crippen LogP contribution in [0.15, 0.2) is 23.3 Å². The molecule has 0 radical (unpaired) electrons. The smallest absolute Gasteiger partial charge is 0.255 e. The number of nitrogens with one attached hydrogen (secondary N) is 1. The van der Waals surface area contributed by atoms with Crippen LogP contribution in [0.2, 0.25) is 0 Å². The Morgan fingerprint density at radius 3 is 2.75 bits per heavy atom. The first-order valence-electron chi connectivity index (χ1n) is 12.3. The van der Waals surface area contributed by atoms with Crippen LogP contribution < -0.4 is 5.56 Å². The van der Waals surface area contributed by atoms with Crippen LogP contribution in [0.1, 0.15) is 74.5 Å². The number of rotatable bonds is 5. The number of H-pyrrole nitrogens is 1. The number of aromatic amines is 1. The number of nitrogens with zero attached hydrogens (tertiary/aromatic N) is 5. The quantitative estimate of drug-likeness (QED) is 0.776. The molecule has 3 aliphatic rings. The third-order valence-corrected chi connectivity index (χ3v) is 7.40. The van der Waals surface area contributed by atoms with Crippen molar-refractivity contribution in [2.24, 2.45) is 5.92 Å². The number of hydrogen-bond acceptors (Lipinski definition) is 5. The molecule has 1 aliphatic carbocycles. The summed E-state index contributed by atoms with van der Waals surface area (Å²) in [5, 5.41) is 4.16. The van der Waals surface area contributed by atoms with Gasteiger partial charge in [-0.1, -0.05) is 19.3 Å². The summed E-state index contributed by atoms with van der Waals surface area (Å²) in [7, 11) is 0. The molecule has 8 nitrogen and oxygen atoms in total. The average molecular weight is 439 g/mol. The lowest BCUT2D eigenvalue weighted by atomic mass is 9.88. The van der Waals surface area contributed by atoms with E-state index in [1.165, 1.54) is 32.1 Å². The molecule has 1 atom stereocenters. The number of likely N-dealkylation sites (tertiary alicyclic amines) is 1. The molecule has 172 valence electrons. The molecule has 1 N–H and O–H groups in total. The number of aromatic nitrogens is 4. The Balaban J connectivity index is 1.31. The topological polar surface area (TPSA) is 87.1 Å². The molecular weight excluding hydrogens is 404 g/mol. The molecule has 1 saturated carbocycles. The first-order valence-corrected chi connectivity index (χ1v) is 12.3. The van der Waals surface area contributed by atoms with Gasteiger partial charge in [0.15, 0.2) is 0 Å². The summed E-state index contributed by atoms with van der Waals surface area (Å²) in [6.07, 6.45) is 13.8. The highest BCUT2D eigenvalue weighted by atomic mass is 16.2.